The summed E-state index contributed by atoms with van der Waals surface area (Å²) < 4.78 is 40.2. The van der Waals surface area contributed by atoms with E-state index >= 15 is 0 Å². The molecule has 0 fully saturated rings. The molecule has 0 aliphatic rings. The number of nitrogens with zero attached hydrogens (tertiary/aromatic N) is 1. The topological polar surface area (TPSA) is 69.0 Å². The van der Waals surface area contributed by atoms with Crippen LogP contribution in [-0.4, -0.2) is 29.3 Å². The molecule has 0 radical (unpaired) electrons. The molecule has 0 aliphatic carbocycles. The minimum Gasteiger partial charge on any atom is -0.339 e. The summed E-state index contributed by atoms with van der Waals surface area (Å²) in [6.07, 6.45) is -5.48. The summed E-state index contributed by atoms with van der Waals surface area (Å²) in [5.41, 5.74) is -1.28. The second-order valence-corrected chi connectivity index (χ2v) is 2.08. The van der Waals surface area contributed by atoms with Crippen LogP contribution in [-0.2, 0) is 4.74 Å². The van der Waals surface area contributed by atoms with E-state index in [1.165, 1.54) is 6.92 Å². The van der Waals surface area contributed by atoms with Crippen molar-refractivity contribution in [3.63, 3.8) is 0 Å². The number of ether oxygens (including phenoxy) is 1. The predicted molar refractivity (Wildman–Crippen MR) is 40.9 cm³/mol. The molecule has 0 heterocycles. The molecule has 0 rings (SSSR count). The highest BCUT2D eigenvalue weighted by atomic mass is 19.4. The fourth-order valence-electron chi connectivity index (χ4n) is 0.580. The average molecular weight is 199 g/mol. The van der Waals surface area contributed by atoms with Gasteiger partial charge in [0.25, 0.3) is 0 Å². The van der Waals surface area contributed by atoms with Crippen molar-refractivity contribution in [2.75, 3.05) is 6.61 Å². The average Bonchev–Trinajstić information content (AvgIpc) is 1.98. The molecule has 0 aromatic carbocycles. The fourth-order valence-corrected chi connectivity index (χ4v) is 0.580. The second kappa shape index (κ2) is 4.68. The van der Waals surface area contributed by atoms with Gasteiger partial charge in [0.1, 0.15) is 0 Å². The largest absolute Gasteiger partial charge is 0.488 e. The van der Waals surface area contributed by atoms with E-state index in [4.69, 9.17) is 4.79 Å². The van der Waals surface area contributed by atoms with E-state index in [1.54, 1.807) is 0 Å². The van der Waals surface area contributed by atoms with Gasteiger partial charge < -0.3 is 15.4 Å². The normalized spacial score (nSPS) is 12.8. The van der Waals surface area contributed by atoms with Crippen LogP contribution in [0.4, 0.5) is 13.2 Å². The lowest BCUT2D eigenvalue weighted by molar-refractivity contribution is -0.0603. The smallest absolute Gasteiger partial charge is 0.339 e. The van der Waals surface area contributed by atoms with E-state index in [9.17, 15) is 13.2 Å². The van der Waals surface area contributed by atoms with Gasteiger partial charge in [-0.1, -0.05) is 0 Å². The van der Waals surface area contributed by atoms with E-state index in [2.05, 4.69) is 15.7 Å². The number of esters is 1. The Morgan fingerprint density at radius 1 is 1.54 bits per heavy atom. The molecule has 0 amide bonds. The molecule has 0 aliphatic heterocycles. The van der Waals surface area contributed by atoms with E-state index in [-0.39, 0.29) is 6.61 Å². The van der Waals surface area contributed by atoms with Crippen molar-refractivity contribution in [2.24, 2.45) is 10.9 Å². The Balaban J connectivity index is 4.25. The molecule has 0 saturated carbocycles. The van der Waals surface area contributed by atoms with Gasteiger partial charge in [-0.3, -0.25) is 0 Å². The molecule has 3 N–H and O–H groups in total. The van der Waals surface area contributed by atoms with Crippen LogP contribution in [0.2, 0.25) is 0 Å². The zero-order chi connectivity index (χ0) is 10.5. The Morgan fingerprint density at radius 3 is 2.38 bits per heavy atom. The highest BCUT2D eigenvalue weighted by molar-refractivity contribution is 6.02. The summed E-state index contributed by atoms with van der Waals surface area (Å²) in [5.74, 6) is 3.75. The Labute approximate surface area is 72.5 Å². The van der Waals surface area contributed by atoms with Crippen LogP contribution >= 0.6 is 0 Å². The van der Waals surface area contributed by atoms with Crippen molar-refractivity contribution in [3.8, 4) is 0 Å². The van der Waals surface area contributed by atoms with Gasteiger partial charge in [0.2, 0.25) is 0 Å². The van der Waals surface area contributed by atoms with Crippen molar-refractivity contribution in [1.29, 1.82) is 0 Å². The molecule has 4 nitrogen and oxygen atoms in total. The maximum atomic E-state index is 11.9. The quantitative estimate of drug-likeness (QED) is 0.240. The maximum absolute atomic E-state index is 11.9. The Kier molecular flexibility index (Phi) is 4.22. The van der Waals surface area contributed by atoms with Gasteiger partial charge >= 0.3 is 12.1 Å². The first-order valence-electron chi connectivity index (χ1n) is 3.43. The minimum absolute atomic E-state index is 0.0849. The lowest BCUT2D eigenvalue weighted by Gasteiger charge is -2.04. The number of rotatable bonds is 3. The molecular weight excluding hydrogens is 189 g/mol. The van der Waals surface area contributed by atoms with Gasteiger partial charge in [-0.15, -0.1) is 0 Å². The van der Waals surface area contributed by atoms with Gasteiger partial charge in [-0.2, -0.15) is 18.3 Å². The zero-order valence-corrected chi connectivity index (χ0v) is 6.93. The molecule has 0 bridgehead atoms. The van der Waals surface area contributed by atoms with Gasteiger partial charge in [-0.05, 0) is 6.92 Å². The minimum atomic E-state index is -4.64. The summed E-state index contributed by atoms with van der Waals surface area (Å²) in [5, 5.41) is 2.51. The van der Waals surface area contributed by atoms with Gasteiger partial charge in [0.05, 0.1) is 0 Å². The summed E-state index contributed by atoms with van der Waals surface area (Å²) in [6.45, 7) is 1.62. The van der Waals surface area contributed by atoms with Crippen LogP contribution in [0.1, 0.15) is 13.3 Å². The van der Waals surface area contributed by atoms with Crippen molar-refractivity contribution in [2.45, 2.75) is 19.5 Å². The van der Waals surface area contributed by atoms with E-state index in [1.807, 2.05) is 0 Å². The van der Waals surface area contributed by atoms with E-state index in [0.29, 0.717) is 0 Å². The van der Waals surface area contributed by atoms with Gasteiger partial charge in [-0.25, -0.2) is 0 Å². The standard InChI is InChI=1S/C6H9F3N2O2/c1-2-13-5(12)3-4(11-10)6(7,8)9/h2-3,10H2,1H3/p+1/b11-4-. The number of hydrogen-bond donors (Lipinski definition) is 1. The Hall–Kier alpha value is -1.27. The molecular formula is C6H10F3N2O2+. The van der Waals surface area contributed by atoms with E-state index < -0.39 is 24.3 Å². The van der Waals surface area contributed by atoms with Gasteiger partial charge in [0, 0.05) is 0 Å². The van der Waals surface area contributed by atoms with Crippen LogP contribution < -0.4 is 5.84 Å². The van der Waals surface area contributed by atoms with Crippen LogP contribution in [0.25, 0.3) is 0 Å². The molecule has 0 unspecified atom stereocenters. The number of hydrazone groups is 1. The van der Waals surface area contributed by atoms with Crippen molar-refractivity contribution < 1.29 is 22.7 Å². The lowest BCUT2D eigenvalue weighted by atomic mass is 10.2. The molecule has 0 aromatic heterocycles. The first-order valence-corrected chi connectivity index (χ1v) is 3.43. The molecule has 0 spiro atoms. The van der Waals surface area contributed by atoms with Crippen LogP contribution in [0.3, 0.4) is 0 Å². The third kappa shape index (κ3) is 4.34. The Morgan fingerprint density at radius 2 is 2.08 bits per heavy atom. The summed E-state index contributed by atoms with van der Waals surface area (Å²) in [6, 6.07) is 0. The highest BCUT2D eigenvalue weighted by Crippen LogP contribution is 2.19. The number of carbonyl (C=O) groups excluding carboxylic acids is 1. The van der Waals surface area contributed by atoms with Crippen LogP contribution in [0, 0.1) is 0 Å². The SMILES string of the molecule is CCOC(=[OH+])C/C(=N/N)C(F)(F)F. The summed E-state index contributed by atoms with van der Waals surface area (Å²) in [4.78, 5) is 8.77. The molecule has 0 saturated heterocycles. The molecule has 0 aromatic rings. The third-order valence-electron chi connectivity index (χ3n) is 1.11. The first-order chi connectivity index (χ1) is 5.91. The second-order valence-electron chi connectivity index (χ2n) is 2.08. The number of nitrogens with two attached hydrogens (primary N) is 1. The monoisotopic (exact) mass is 199 g/mol. The number of hydrogen-bond acceptors (Lipinski definition) is 3. The molecule has 76 valence electrons. The third-order valence-corrected chi connectivity index (χ3v) is 1.11. The number of alkyl halides is 3. The predicted octanol–water partition coefficient (Wildman–Crippen LogP) is 0.792. The fraction of sp³-hybridized carbons (Fsp3) is 0.667. The van der Waals surface area contributed by atoms with E-state index in [0.717, 1.165) is 0 Å². The van der Waals surface area contributed by atoms with Crippen LogP contribution in [0.15, 0.2) is 5.10 Å². The first kappa shape index (κ1) is 11.7. The van der Waals surface area contributed by atoms with Crippen molar-refractivity contribution in [1.82, 2.24) is 0 Å². The molecule has 7 heteroatoms. The Bertz CT molecular complexity index is 212. The summed E-state index contributed by atoms with van der Waals surface area (Å²) >= 11 is 0. The maximum Gasteiger partial charge on any atom is 0.488 e. The lowest BCUT2D eigenvalue weighted by Crippen LogP contribution is -2.27. The van der Waals surface area contributed by atoms with Gasteiger partial charge in [0.15, 0.2) is 18.7 Å². The van der Waals surface area contributed by atoms with Crippen molar-refractivity contribution >= 4 is 11.7 Å². The summed E-state index contributed by atoms with van der Waals surface area (Å²) in [7, 11) is 0. The van der Waals surface area contributed by atoms with Crippen LogP contribution in [0.5, 0.6) is 0 Å². The van der Waals surface area contributed by atoms with Crippen molar-refractivity contribution in [3.05, 3.63) is 0 Å². The molecule has 0 atom stereocenters. The molecule has 13 heavy (non-hydrogen) atoms. The zero-order valence-electron chi connectivity index (χ0n) is 6.93. The number of halogens is 3. The highest BCUT2D eigenvalue weighted by Gasteiger charge is 2.39.